The summed E-state index contributed by atoms with van der Waals surface area (Å²) < 4.78 is 6.02. The fourth-order valence-electron chi connectivity index (χ4n) is 3.42. The second-order valence-corrected chi connectivity index (χ2v) is 7.69. The highest BCUT2D eigenvalue weighted by molar-refractivity contribution is 7.99. The van der Waals surface area contributed by atoms with Gasteiger partial charge in [-0.1, -0.05) is 18.2 Å². The van der Waals surface area contributed by atoms with E-state index in [0.29, 0.717) is 12.2 Å². The number of Topliss-reactive ketones (excluding diaryl/α,β-unsaturated/α-hetero) is 1. The standard InChI is InChI=1S/C18H24O2S/c1-13-3-4-15(9-14(13)2)10-17(19)16-5-7-20-18(11-16)6-8-21-12-18/h3-4,9,16H,5-8,10-12H2,1-2H3. The highest BCUT2D eigenvalue weighted by Gasteiger charge is 2.42. The van der Waals surface area contributed by atoms with Crippen molar-refractivity contribution in [2.24, 2.45) is 5.92 Å². The summed E-state index contributed by atoms with van der Waals surface area (Å²) in [5.74, 6) is 2.84. The first kappa shape index (κ1) is 15.1. The van der Waals surface area contributed by atoms with Crippen LogP contribution in [0.4, 0.5) is 0 Å². The van der Waals surface area contributed by atoms with Crippen LogP contribution in [0.1, 0.15) is 36.0 Å². The van der Waals surface area contributed by atoms with Crippen molar-refractivity contribution in [3.05, 3.63) is 34.9 Å². The van der Waals surface area contributed by atoms with Gasteiger partial charge in [-0.05, 0) is 55.6 Å². The largest absolute Gasteiger partial charge is 0.374 e. The van der Waals surface area contributed by atoms with Gasteiger partial charge in [-0.25, -0.2) is 0 Å². The second-order valence-electron chi connectivity index (χ2n) is 6.59. The smallest absolute Gasteiger partial charge is 0.140 e. The average molecular weight is 304 g/mol. The maximum atomic E-state index is 12.6. The van der Waals surface area contributed by atoms with E-state index in [1.807, 2.05) is 11.8 Å². The van der Waals surface area contributed by atoms with Crippen LogP contribution in [0.25, 0.3) is 0 Å². The number of thioether (sulfide) groups is 1. The molecule has 0 aliphatic carbocycles. The Kier molecular flexibility index (Phi) is 4.41. The summed E-state index contributed by atoms with van der Waals surface area (Å²) in [7, 11) is 0. The van der Waals surface area contributed by atoms with Crippen molar-refractivity contribution >= 4 is 17.5 Å². The summed E-state index contributed by atoms with van der Waals surface area (Å²) in [4.78, 5) is 12.6. The van der Waals surface area contributed by atoms with E-state index in [9.17, 15) is 4.79 Å². The minimum absolute atomic E-state index is 0.00638. The van der Waals surface area contributed by atoms with Crippen molar-refractivity contribution in [2.45, 2.75) is 45.1 Å². The van der Waals surface area contributed by atoms with Crippen LogP contribution < -0.4 is 0 Å². The van der Waals surface area contributed by atoms with E-state index >= 15 is 0 Å². The summed E-state index contributed by atoms with van der Waals surface area (Å²) in [6.45, 7) is 4.98. The Morgan fingerprint density at radius 1 is 1.38 bits per heavy atom. The maximum absolute atomic E-state index is 12.6. The van der Waals surface area contributed by atoms with E-state index in [1.54, 1.807) is 0 Å². The Balaban J connectivity index is 1.65. The molecule has 0 aromatic heterocycles. The summed E-state index contributed by atoms with van der Waals surface area (Å²) >= 11 is 1.96. The monoisotopic (exact) mass is 304 g/mol. The van der Waals surface area contributed by atoms with Gasteiger partial charge in [-0.3, -0.25) is 4.79 Å². The molecule has 3 heteroatoms. The molecule has 1 aromatic rings. The summed E-state index contributed by atoms with van der Waals surface area (Å²) in [5, 5.41) is 0. The molecule has 0 radical (unpaired) electrons. The molecule has 3 rings (SSSR count). The van der Waals surface area contributed by atoms with Crippen molar-refractivity contribution in [1.82, 2.24) is 0 Å². The maximum Gasteiger partial charge on any atom is 0.140 e. The third-order valence-electron chi connectivity index (χ3n) is 4.97. The number of benzene rings is 1. The third-order valence-corrected chi connectivity index (χ3v) is 6.19. The quantitative estimate of drug-likeness (QED) is 0.851. The first-order valence-corrected chi connectivity index (χ1v) is 9.04. The number of rotatable bonds is 3. The van der Waals surface area contributed by atoms with Crippen LogP contribution in [0.2, 0.25) is 0 Å². The minimum Gasteiger partial charge on any atom is -0.374 e. The molecular weight excluding hydrogens is 280 g/mol. The highest BCUT2D eigenvalue weighted by Crippen LogP contribution is 2.40. The minimum atomic E-state index is 0.00638. The molecule has 2 fully saturated rings. The van der Waals surface area contributed by atoms with Gasteiger partial charge in [0.05, 0.1) is 5.60 Å². The van der Waals surface area contributed by atoms with E-state index in [1.165, 1.54) is 16.9 Å². The molecule has 0 bridgehead atoms. The normalized spacial score (nSPS) is 29.0. The van der Waals surface area contributed by atoms with Crippen molar-refractivity contribution in [2.75, 3.05) is 18.1 Å². The first-order chi connectivity index (χ1) is 10.1. The van der Waals surface area contributed by atoms with Gasteiger partial charge in [0.1, 0.15) is 5.78 Å². The SMILES string of the molecule is Cc1ccc(CC(=O)C2CCOC3(CCSC3)C2)cc1C. The van der Waals surface area contributed by atoms with Crippen molar-refractivity contribution in [3.8, 4) is 0 Å². The number of carbonyl (C=O) groups is 1. The molecule has 2 unspecified atom stereocenters. The van der Waals surface area contributed by atoms with Gasteiger partial charge in [0, 0.05) is 24.7 Å². The molecule has 2 aliphatic heterocycles. The van der Waals surface area contributed by atoms with Crippen LogP contribution >= 0.6 is 11.8 Å². The fourth-order valence-corrected chi connectivity index (χ4v) is 4.80. The van der Waals surface area contributed by atoms with Gasteiger partial charge in [0.25, 0.3) is 0 Å². The molecular formula is C18H24O2S. The topological polar surface area (TPSA) is 26.3 Å². The van der Waals surface area contributed by atoms with Crippen LogP contribution in [0, 0.1) is 19.8 Å². The zero-order valence-corrected chi connectivity index (χ0v) is 13.8. The number of aryl methyl sites for hydroxylation is 2. The number of ether oxygens (including phenoxy) is 1. The molecule has 2 atom stereocenters. The summed E-state index contributed by atoms with van der Waals surface area (Å²) in [5.41, 5.74) is 3.73. The number of ketones is 1. The summed E-state index contributed by atoms with van der Waals surface area (Å²) in [6, 6.07) is 6.38. The molecule has 1 spiro atoms. The zero-order valence-electron chi connectivity index (χ0n) is 13.0. The van der Waals surface area contributed by atoms with Gasteiger partial charge in [0.15, 0.2) is 0 Å². The predicted molar refractivity (Wildman–Crippen MR) is 88.0 cm³/mol. The molecule has 1 aromatic carbocycles. The predicted octanol–water partition coefficient (Wildman–Crippen LogP) is 3.72. The molecule has 0 amide bonds. The van der Waals surface area contributed by atoms with Gasteiger partial charge >= 0.3 is 0 Å². The lowest BCUT2D eigenvalue weighted by Gasteiger charge is -2.37. The molecule has 2 aliphatic rings. The van der Waals surface area contributed by atoms with E-state index in [4.69, 9.17) is 4.74 Å². The van der Waals surface area contributed by atoms with Gasteiger partial charge in [0.2, 0.25) is 0 Å². The van der Waals surface area contributed by atoms with Crippen LogP contribution in [0.3, 0.4) is 0 Å². The summed E-state index contributed by atoms with van der Waals surface area (Å²) in [6.07, 6.45) is 3.53. The Morgan fingerprint density at radius 2 is 2.24 bits per heavy atom. The lowest BCUT2D eigenvalue weighted by Crippen LogP contribution is -2.42. The molecule has 0 N–H and O–H groups in total. The van der Waals surface area contributed by atoms with E-state index in [2.05, 4.69) is 32.0 Å². The highest BCUT2D eigenvalue weighted by atomic mass is 32.2. The molecule has 2 saturated heterocycles. The Bertz CT molecular complexity index is 532. The van der Waals surface area contributed by atoms with Crippen molar-refractivity contribution in [3.63, 3.8) is 0 Å². The second kappa shape index (κ2) is 6.13. The van der Waals surface area contributed by atoms with Gasteiger partial charge in [-0.2, -0.15) is 11.8 Å². The van der Waals surface area contributed by atoms with Crippen LogP contribution in [0.5, 0.6) is 0 Å². The average Bonchev–Trinajstić information content (AvgIpc) is 2.91. The zero-order chi connectivity index (χ0) is 14.9. The van der Waals surface area contributed by atoms with Crippen LogP contribution in [-0.4, -0.2) is 29.5 Å². The fraction of sp³-hybridized carbons (Fsp3) is 0.611. The van der Waals surface area contributed by atoms with E-state index < -0.39 is 0 Å². The number of hydrogen-bond donors (Lipinski definition) is 0. The Labute approximate surface area is 131 Å². The van der Waals surface area contributed by atoms with Crippen molar-refractivity contribution in [1.29, 1.82) is 0 Å². The first-order valence-electron chi connectivity index (χ1n) is 7.89. The molecule has 2 heterocycles. The lowest BCUT2D eigenvalue weighted by atomic mass is 9.81. The Morgan fingerprint density at radius 3 is 2.95 bits per heavy atom. The van der Waals surface area contributed by atoms with Gasteiger partial charge < -0.3 is 4.74 Å². The molecule has 0 saturated carbocycles. The van der Waals surface area contributed by atoms with Crippen molar-refractivity contribution < 1.29 is 9.53 Å². The number of hydrogen-bond acceptors (Lipinski definition) is 3. The van der Waals surface area contributed by atoms with Crippen LogP contribution in [-0.2, 0) is 16.0 Å². The lowest BCUT2D eigenvalue weighted by molar-refractivity contribution is -0.133. The van der Waals surface area contributed by atoms with Gasteiger partial charge in [-0.15, -0.1) is 0 Å². The Hall–Kier alpha value is -0.800. The molecule has 21 heavy (non-hydrogen) atoms. The van der Waals surface area contributed by atoms with Crippen LogP contribution in [0.15, 0.2) is 18.2 Å². The molecule has 114 valence electrons. The van der Waals surface area contributed by atoms with E-state index in [-0.39, 0.29) is 11.5 Å². The molecule has 2 nitrogen and oxygen atoms in total. The third kappa shape index (κ3) is 3.35. The van der Waals surface area contributed by atoms with E-state index in [0.717, 1.165) is 37.2 Å². The number of carbonyl (C=O) groups excluding carboxylic acids is 1.